The molecule has 29 heavy (non-hydrogen) atoms. The lowest BCUT2D eigenvalue weighted by Crippen LogP contribution is -2.13. The summed E-state index contributed by atoms with van der Waals surface area (Å²) in [6, 6.07) is 30.1. The second kappa shape index (κ2) is 6.35. The van der Waals surface area contributed by atoms with Gasteiger partial charge in [-0.2, -0.15) is 0 Å². The molecular weight excluding hydrogens is 352 g/mol. The van der Waals surface area contributed by atoms with E-state index in [2.05, 4.69) is 66.7 Å². The zero-order valence-electron chi connectivity index (χ0n) is 16.2. The Kier molecular flexibility index (Phi) is 3.64. The molecule has 6 rings (SSSR count). The number of hydrogen-bond donors (Lipinski definition) is 1. The molecule has 0 heterocycles. The minimum atomic E-state index is 0.374. The van der Waals surface area contributed by atoms with Gasteiger partial charge in [0.25, 0.3) is 0 Å². The van der Waals surface area contributed by atoms with Crippen molar-refractivity contribution in [2.24, 2.45) is 0 Å². The first-order valence-corrected chi connectivity index (χ1v) is 10.4. The first-order valence-electron chi connectivity index (χ1n) is 10.4. The first-order chi connectivity index (χ1) is 14.3. The molecule has 0 fully saturated rings. The van der Waals surface area contributed by atoms with Crippen LogP contribution in [0.3, 0.4) is 0 Å². The van der Waals surface area contributed by atoms with Crippen molar-refractivity contribution in [3.63, 3.8) is 0 Å². The average Bonchev–Trinajstić information content (AvgIpc) is 2.79. The summed E-state index contributed by atoms with van der Waals surface area (Å²) >= 11 is 0. The number of phenolic OH excluding ortho intramolecular Hbond substituents is 1. The summed E-state index contributed by atoms with van der Waals surface area (Å²) in [4.78, 5) is 0. The molecular formula is C28H22O. The van der Waals surface area contributed by atoms with Gasteiger partial charge in [-0.05, 0) is 74.9 Å². The number of aromatic hydroxyl groups is 1. The van der Waals surface area contributed by atoms with Crippen molar-refractivity contribution in [3.8, 4) is 5.75 Å². The van der Waals surface area contributed by atoms with E-state index in [1.54, 1.807) is 0 Å². The molecule has 140 valence electrons. The van der Waals surface area contributed by atoms with E-state index in [1.807, 2.05) is 18.2 Å². The zero-order chi connectivity index (χ0) is 19.4. The van der Waals surface area contributed by atoms with Crippen molar-refractivity contribution < 1.29 is 5.11 Å². The monoisotopic (exact) mass is 374 g/mol. The van der Waals surface area contributed by atoms with E-state index in [1.165, 1.54) is 43.6 Å². The lowest BCUT2D eigenvalue weighted by atomic mass is 9.77. The van der Waals surface area contributed by atoms with Crippen molar-refractivity contribution >= 4 is 32.3 Å². The van der Waals surface area contributed by atoms with Crippen LogP contribution in [0.1, 0.15) is 29.0 Å². The van der Waals surface area contributed by atoms with Crippen LogP contribution in [0.15, 0.2) is 84.9 Å². The Balaban J connectivity index is 1.47. The van der Waals surface area contributed by atoms with Crippen LogP contribution >= 0.6 is 0 Å². The van der Waals surface area contributed by atoms with Crippen LogP contribution in [0.4, 0.5) is 0 Å². The largest absolute Gasteiger partial charge is 0.507 e. The third-order valence-corrected chi connectivity index (χ3v) is 6.72. The van der Waals surface area contributed by atoms with Gasteiger partial charge in [-0.3, -0.25) is 0 Å². The fraction of sp³-hybridized carbons (Fsp3) is 0.143. The van der Waals surface area contributed by atoms with E-state index < -0.39 is 0 Å². The number of rotatable bonds is 1. The summed E-state index contributed by atoms with van der Waals surface area (Å²) in [6.07, 6.45) is 3.31. The summed E-state index contributed by atoms with van der Waals surface area (Å²) in [7, 11) is 0. The number of fused-ring (bicyclic) bond motifs is 6. The maximum absolute atomic E-state index is 10.3. The second-order valence-corrected chi connectivity index (χ2v) is 8.24. The van der Waals surface area contributed by atoms with Crippen molar-refractivity contribution in [2.75, 3.05) is 0 Å². The molecule has 1 aliphatic rings. The van der Waals surface area contributed by atoms with Crippen LogP contribution in [-0.2, 0) is 12.8 Å². The molecule has 1 nitrogen and oxygen atoms in total. The summed E-state index contributed by atoms with van der Waals surface area (Å²) < 4.78 is 0. The predicted molar refractivity (Wildman–Crippen MR) is 122 cm³/mol. The molecule has 5 aromatic rings. The molecule has 0 radical (unpaired) electrons. The molecule has 0 spiro atoms. The number of aryl methyl sites for hydroxylation is 1. The van der Waals surface area contributed by atoms with Gasteiger partial charge in [-0.1, -0.05) is 78.9 Å². The SMILES string of the molecule is Oc1ccc(C2CCc3c(ccc4c3ccc3ccccc34)C2)c2ccccc12. The Morgan fingerprint density at radius 1 is 0.621 bits per heavy atom. The van der Waals surface area contributed by atoms with E-state index in [4.69, 9.17) is 0 Å². The molecule has 0 aliphatic heterocycles. The van der Waals surface area contributed by atoms with Gasteiger partial charge in [-0.25, -0.2) is 0 Å². The Labute approximate surface area is 170 Å². The molecule has 0 aromatic heterocycles. The highest BCUT2D eigenvalue weighted by Crippen LogP contribution is 2.41. The highest BCUT2D eigenvalue weighted by atomic mass is 16.3. The van der Waals surface area contributed by atoms with Crippen molar-refractivity contribution in [1.29, 1.82) is 0 Å². The fourth-order valence-electron chi connectivity index (χ4n) is 5.30. The Morgan fingerprint density at radius 2 is 1.38 bits per heavy atom. The van der Waals surface area contributed by atoms with Crippen LogP contribution in [0.25, 0.3) is 32.3 Å². The summed E-state index contributed by atoms with van der Waals surface area (Å²) in [5.74, 6) is 0.865. The Morgan fingerprint density at radius 3 is 2.28 bits per heavy atom. The van der Waals surface area contributed by atoms with Gasteiger partial charge in [0.05, 0.1) is 0 Å². The van der Waals surface area contributed by atoms with Crippen LogP contribution in [0.2, 0.25) is 0 Å². The molecule has 0 amide bonds. The molecule has 1 heteroatoms. The standard InChI is InChI=1S/C28H22O/c29-28-16-15-23(24-7-3-4-8-27(24)28)19-10-12-22-20(17-19)11-14-25-21-6-2-1-5-18(21)9-13-26(22)25/h1-9,11,13-16,19,29H,10,12,17H2. The molecule has 0 bridgehead atoms. The molecule has 0 saturated carbocycles. The van der Waals surface area contributed by atoms with Gasteiger partial charge in [0.1, 0.15) is 5.75 Å². The minimum absolute atomic E-state index is 0.374. The highest BCUT2D eigenvalue weighted by Gasteiger charge is 2.23. The molecule has 5 aromatic carbocycles. The van der Waals surface area contributed by atoms with Crippen LogP contribution in [0, 0.1) is 0 Å². The lowest BCUT2D eigenvalue weighted by Gasteiger charge is -2.27. The number of benzene rings is 5. The van der Waals surface area contributed by atoms with E-state index in [0.29, 0.717) is 11.7 Å². The number of phenols is 1. The smallest absolute Gasteiger partial charge is 0.123 e. The van der Waals surface area contributed by atoms with Gasteiger partial charge >= 0.3 is 0 Å². The molecule has 1 N–H and O–H groups in total. The van der Waals surface area contributed by atoms with Gasteiger partial charge < -0.3 is 5.11 Å². The van der Waals surface area contributed by atoms with E-state index in [0.717, 1.165) is 24.6 Å². The summed E-state index contributed by atoms with van der Waals surface area (Å²) in [5, 5.41) is 17.8. The third-order valence-electron chi connectivity index (χ3n) is 6.72. The fourth-order valence-corrected chi connectivity index (χ4v) is 5.30. The maximum atomic E-state index is 10.3. The van der Waals surface area contributed by atoms with Gasteiger partial charge in [0.2, 0.25) is 0 Å². The van der Waals surface area contributed by atoms with Crippen LogP contribution in [-0.4, -0.2) is 5.11 Å². The number of hydrogen-bond acceptors (Lipinski definition) is 1. The van der Waals surface area contributed by atoms with Crippen molar-refractivity contribution in [2.45, 2.75) is 25.2 Å². The summed E-state index contributed by atoms with van der Waals surface area (Å²) in [5.41, 5.74) is 4.36. The molecule has 1 unspecified atom stereocenters. The minimum Gasteiger partial charge on any atom is -0.507 e. The average molecular weight is 374 g/mol. The van der Waals surface area contributed by atoms with Crippen molar-refractivity contribution in [1.82, 2.24) is 0 Å². The Bertz CT molecular complexity index is 1400. The highest BCUT2D eigenvalue weighted by molar-refractivity contribution is 6.08. The third kappa shape index (κ3) is 2.54. The van der Waals surface area contributed by atoms with E-state index in [-0.39, 0.29) is 0 Å². The summed E-state index contributed by atoms with van der Waals surface area (Å²) in [6.45, 7) is 0. The van der Waals surface area contributed by atoms with Gasteiger partial charge in [-0.15, -0.1) is 0 Å². The lowest BCUT2D eigenvalue weighted by molar-refractivity contribution is 0.481. The first kappa shape index (κ1) is 16.6. The maximum Gasteiger partial charge on any atom is 0.123 e. The van der Waals surface area contributed by atoms with Gasteiger partial charge in [0.15, 0.2) is 0 Å². The van der Waals surface area contributed by atoms with Crippen molar-refractivity contribution in [3.05, 3.63) is 102 Å². The molecule has 0 saturated heterocycles. The van der Waals surface area contributed by atoms with E-state index >= 15 is 0 Å². The van der Waals surface area contributed by atoms with E-state index in [9.17, 15) is 5.11 Å². The van der Waals surface area contributed by atoms with Gasteiger partial charge in [0, 0.05) is 5.39 Å². The second-order valence-electron chi connectivity index (χ2n) is 8.24. The topological polar surface area (TPSA) is 20.2 Å². The van der Waals surface area contributed by atoms with Crippen LogP contribution < -0.4 is 0 Å². The molecule has 1 atom stereocenters. The zero-order valence-corrected chi connectivity index (χ0v) is 16.2. The quantitative estimate of drug-likeness (QED) is 0.310. The van der Waals surface area contributed by atoms with Crippen LogP contribution in [0.5, 0.6) is 5.75 Å². The normalized spacial score (nSPS) is 16.3. The molecule has 1 aliphatic carbocycles. The Hall–Kier alpha value is -3.32. The predicted octanol–water partition coefficient (Wildman–Crippen LogP) is 7.12.